The molecule has 1 rings (SSSR count). The minimum absolute atomic E-state index is 0.157. The van der Waals surface area contributed by atoms with Crippen molar-refractivity contribution in [2.75, 3.05) is 13.2 Å². The van der Waals surface area contributed by atoms with Crippen LogP contribution in [0.25, 0.3) is 0 Å². The summed E-state index contributed by atoms with van der Waals surface area (Å²) in [7, 11) is 3.89. The smallest absolute Gasteiger partial charge is 0.338 e. The highest BCUT2D eigenvalue weighted by molar-refractivity contribution is 6.42. The van der Waals surface area contributed by atoms with E-state index in [0.29, 0.717) is 12.5 Å². The van der Waals surface area contributed by atoms with E-state index >= 15 is 0 Å². The zero-order valence-electron chi connectivity index (χ0n) is 17.0. The van der Waals surface area contributed by atoms with Gasteiger partial charge in [0.05, 0.1) is 12.6 Å². The third-order valence-corrected chi connectivity index (χ3v) is 5.07. The van der Waals surface area contributed by atoms with Crippen molar-refractivity contribution in [2.45, 2.75) is 64.5 Å². The van der Waals surface area contributed by atoms with Crippen LogP contribution in [0, 0.1) is 11.8 Å². The number of rotatable bonds is 10. The van der Waals surface area contributed by atoms with Crippen LogP contribution in [-0.2, 0) is 23.9 Å². The average Bonchev–Trinajstić information content (AvgIpc) is 3.32. The van der Waals surface area contributed by atoms with Crippen LogP contribution in [0.4, 0.5) is 0 Å². The number of carbonyl (C=O) groups is 3. The molecule has 2 amide bonds. The van der Waals surface area contributed by atoms with Gasteiger partial charge in [-0.05, 0) is 19.3 Å². The van der Waals surface area contributed by atoms with Gasteiger partial charge in [0.25, 0.3) is 5.91 Å². The summed E-state index contributed by atoms with van der Waals surface area (Å²) >= 11 is 0. The minimum Gasteiger partial charge on any atom is -0.464 e. The standard InChI is InChI=1S/C17H32B2N2O5/c1-6-25-16(24)12-11(26-12)14(22)21-13(17(18,19)10(4)5)15(23)20-8-7-9(2)3/h9-13H,6-8,18-19H2,1-5H3,(H,20,23)(H,21,22)/t11-,12-,13+/m0/s1. The summed E-state index contributed by atoms with van der Waals surface area (Å²) in [5.74, 6) is -0.586. The summed E-state index contributed by atoms with van der Waals surface area (Å²) in [6.07, 6.45) is -0.893. The Kier molecular flexibility index (Phi) is 8.18. The summed E-state index contributed by atoms with van der Waals surface area (Å²) < 4.78 is 10.00. The Hall–Kier alpha value is -1.50. The van der Waals surface area contributed by atoms with Crippen molar-refractivity contribution in [3.05, 3.63) is 0 Å². The van der Waals surface area contributed by atoms with Crippen LogP contribution >= 0.6 is 0 Å². The Labute approximate surface area is 158 Å². The molecule has 1 aliphatic heterocycles. The second-order valence-electron chi connectivity index (χ2n) is 8.12. The molecule has 0 unspecified atom stereocenters. The highest BCUT2D eigenvalue weighted by Gasteiger charge is 2.53. The van der Waals surface area contributed by atoms with Crippen LogP contribution in [0.1, 0.15) is 41.0 Å². The normalized spacial score (nSPS) is 20.6. The SMILES string of the molecule is BC(B)(C(C)C)[C@H](NC(=O)[C@H]1O[C@@H]1C(=O)OCC)C(=O)NCCC(C)C. The third-order valence-electron chi connectivity index (χ3n) is 5.07. The van der Waals surface area contributed by atoms with Gasteiger partial charge in [-0.25, -0.2) is 4.79 Å². The van der Waals surface area contributed by atoms with Crippen molar-refractivity contribution >= 4 is 33.5 Å². The molecule has 0 radical (unpaired) electrons. The lowest BCUT2D eigenvalue weighted by molar-refractivity contribution is -0.144. The first-order chi connectivity index (χ1) is 12.0. The minimum atomic E-state index is -0.886. The van der Waals surface area contributed by atoms with E-state index in [4.69, 9.17) is 9.47 Å². The largest absolute Gasteiger partial charge is 0.464 e. The molecule has 1 fully saturated rings. The lowest BCUT2D eigenvalue weighted by Gasteiger charge is -2.37. The Morgan fingerprint density at radius 3 is 2.27 bits per heavy atom. The predicted octanol–water partition coefficient (Wildman–Crippen LogP) is -0.998. The van der Waals surface area contributed by atoms with E-state index < -0.39 is 35.3 Å². The Morgan fingerprint density at radius 2 is 1.77 bits per heavy atom. The fourth-order valence-electron chi connectivity index (χ4n) is 2.45. The van der Waals surface area contributed by atoms with E-state index in [-0.39, 0.29) is 18.4 Å². The maximum atomic E-state index is 12.7. The molecule has 1 heterocycles. The van der Waals surface area contributed by atoms with E-state index in [1.54, 1.807) is 6.92 Å². The van der Waals surface area contributed by atoms with Crippen LogP contribution in [0.2, 0.25) is 5.21 Å². The highest BCUT2D eigenvalue weighted by atomic mass is 16.6. The second kappa shape index (κ2) is 9.44. The molecule has 1 saturated heterocycles. The molecule has 7 nitrogen and oxygen atoms in total. The number of nitrogens with one attached hydrogen (secondary N) is 2. The molecule has 26 heavy (non-hydrogen) atoms. The van der Waals surface area contributed by atoms with Gasteiger partial charge in [-0.2, -0.15) is 0 Å². The molecule has 2 N–H and O–H groups in total. The molecule has 3 atom stereocenters. The lowest BCUT2D eigenvalue weighted by Crippen LogP contribution is -2.56. The molecule has 146 valence electrons. The molecule has 0 aromatic rings. The lowest BCUT2D eigenvalue weighted by atomic mass is 9.45. The Bertz CT molecular complexity index is 525. The van der Waals surface area contributed by atoms with Gasteiger partial charge in [-0.1, -0.05) is 38.8 Å². The molecule has 0 aromatic carbocycles. The first-order valence-electron chi connectivity index (χ1n) is 9.42. The molecule has 1 aliphatic rings. The van der Waals surface area contributed by atoms with Crippen molar-refractivity contribution < 1.29 is 23.9 Å². The summed E-state index contributed by atoms with van der Waals surface area (Å²) in [6, 6.07) is -0.714. The van der Waals surface area contributed by atoms with E-state index in [9.17, 15) is 14.4 Å². The molecule has 9 heteroatoms. The van der Waals surface area contributed by atoms with Gasteiger partial charge in [-0.3, -0.25) is 9.59 Å². The van der Waals surface area contributed by atoms with Gasteiger partial charge in [-0.15, -0.1) is 0 Å². The van der Waals surface area contributed by atoms with Gasteiger partial charge in [0.2, 0.25) is 5.91 Å². The van der Waals surface area contributed by atoms with E-state index in [1.165, 1.54) is 0 Å². The number of carbonyl (C=O) groups excluding carboxylic acids is 3. The van der Waals surface area contributed by atoms with Gasteiger partial charge in [0.15, 0.2) is 12.2 Å². The van der Waals surface area contributed by atoms with Gasteiger partial charge in [0, 0.05) is 6.54 Å². The molecule has 0 spiro atoms. The molecule has 0 saturated carbocycles. The molecule has 0 bridgehead atoms. The summed E-state index contributed by atoms with van der Waals surface area (Å²) in [4.78, 5) is 36.8. The van der Waals surface area contributed by atoms with E-state index in [0.717, 1.165) is 6.42 Å². The Balaban J connectivity index is 2.75. The van der Waals surface area contributed by atoms with Crippen molar-refractivity contribution in [2.24, 2.45) is 11.8 Å². The van der Waals surface area contributed by atoms with Gasteiger partial charge >= 0.3 is 5.97 Å². The number of hydrogen-bond acceptors (Lipinski definition) is 5. The zero-order chi connectivity index (χ0) is 20.1. The summed E-state index contributed by atoms with van der Waals surface area (Å²) in [5, 5.41) is 5.22. The molecule has 0 aliphatic carbocycles. The van der Waals surface area contributed by atoms with Crippen molar-refractivity contribution in [1.29, 1.82) is 0 Å². The fourth-order valence-corrected chi connectivity index (χ4v) is 2.45. The molecule has 0 aromatic heterocycles. The number of hydrogen-bond donors (Lipinski definition) is 2. The monoisotopic (exact) mass is 366 g/mol. The quantitative estimate of drug-likeness (QED) is 0.294. The third kappa shape index (κ3) is 6.04. The highest BCUT2D eigenvalue weighted by Crippen LogP contribution is 2.33. The van der Waals surface area contributed by atoms with Crippen LogP contribution in [0.5, 0.6) is 0 Å². The summed E-state index contributed by atoms with van der Waals surface area (Å²) in [6.45, 7) is 10.7. The first-order valence-corrected chi connectivity index (χ1v) is 9.42. The van der Waals surface area contributed by atoms with Crippen LogP contribution in [0.15, 0.2) is 0 Å². The van der Waals surface area contributed by atoms with Crippen LogP contribution < -0.4 is 10.6 Å². The molecular formula is C17H32B2N2O5. The predicted molar refractivity (Wildman–Crippen MR) is 104 cm³/mol. The van der Waals surface area contributed by atoms with Crippen molar-refractivity contribution in [3.63, 3.8) is 0 Å². The first kappa shape index (κ1) is 22.5. The maximum absolute atomic E-state index is 12.7. The van der Waals surface area contributed by atoms with Crippen molar-refractivity contribution in [1.82, 2.24) is 10.6 Å². The van der Waals surface area contributed by atoms with Gasteiger partial charge in [0.1, 0.15) is 15.7 Å². The van der Waals surface area contributed by atoms with Crippen LogP contribution in [-0.4, -0.2) is 64.9 Å². The maximum Gasteiger partial charge on any atom is 0.338 e. The fraction of sp³-hybridized carbons (Fsp3) is 0.824. The van der Waals surface area contributed by atoms with Crippen molar-refractivity contribution in [3.8, 4) is 0 Å². The molecular weight excluding hydrogens is 334 g/mol. The van der Waals surface area contributed by atoms with E-state index in [1.807, 2.05) is 29.5 Å². The average molecular weight is 366 g/mol. The van der Waals surface area contributed by atoms with Crippen LogP contribution in [0.3, 0.4) is 0 Å². The second-order valence-corrected chi connectivity index (χ2v) is 8.12. The number of amides is 2. The topological polar surface area (TPSA) is 97.0 Å². The zero-order valence-corrected chi connectivity index (χ0v) is 17.0. The van der Waals surface area contributed by atoms with Gasteiger partial charge < -0.3 is 20.1 Å². The number of ether oxygens (including phenoxy) is 2. The van der Waals surface area contributed by atoms with E-state index in [2.05, 4.69) is 24.5 Å². The number of esters is 1. The number of epoxide rings is 1. The summed E-state index contributed by atoms with van der Waals surface area (Å²) in [5.41, 5.74) is 0. The Morgan fingerprint density at radius 1 is 1.15 bits per heavy atom.